The summed E-state index contributed by atoms with van der Waals surface area (Å²) in [5.74, 6) is 0.597. The maximum absolute atomic E-state index is 11.8. The first-order valence-corrected chi connectivity index (χ1v) is 8.55. The summed E-state index contributed by atoms with van der Waals surface area (Å²) >= 11 is 0. The van der Waals surface area contributed by atoms with Crippen LogP contribution in [-0.4, -0.2) is 45.3 Å². The van der Waals surface area contributed by atoms with Gasteiger partial charge in [0.1, 0.15) is 10.7 Å². The second kappa shape index (κ2) is 5.88. The van der Waals surface area contributed by atoms with Crippen LogP contribution in [0.1, 0.15) is 19.8 Å². The first kappa shape index (κ1) is 14.3. The maximum Gasteiger partial charge on any atom is 0.179 e. The molecule has 1 saturated heterocycles. The lowest BCUT2D eigenvalue weighted by atomic mass is 10.1. The summed E-state index contributed by atoms with van der Waals surface area (Å²) in [5, 5.41) is 3.44. The van der Waals surface area contributed by atoms with Gasteiger partial charge in [0.25, 0.3) is 0 Å². The van der Waals surface area contributed by atoms with Crippen LogP contribution in [0.3, 0.4) is 0 Å². The molecule has 1 aliphatic heterocycles. The molecule has 106 valence electrons. The van der Waals surface area contributed by atoms with E-state index in [2.05, 4.69) is 22.1 Å². The highest BCUT2D eigenvalue weighted by Gasteiger charge is 2.24. The van der Waals surface area contributed by atoms with E-state index in [1.165, 1.54) is 6.26 Å². The fourth-order valence-electron chi connectivity index (χ4n) is 2.49. The van der Waals surface area contributed by atoms with Gasteiger partial charge in [-0.1, -0.05) is 6.92 Å². The number of aromatic nitrogens is 1. The summed E-state index contributed by atoms with van der Waals surface area (Å²) in [6, 6.07) is 3.84. The van der Waals surface area contributed by atoms with Crippen molar-refractivity contribution in [3.05, 3.63) is 18.3 Å². The number of pyridine rings is 1. The van der Waals surface area contributed by atoms with E-state index in [1.54, 1.807) is 18.3 Å². The number of piperidine rings is 1. The summed E-state index contributed by atoms with van der Waals surface area (Å²) in [5.41, 5.74) is 0. The molecule has 0 unspecified atom stereocenters. The monoisotopic (exact) mass is 283 g/mol. The van der Waals surface area contributed by atoms with Crippen LogP contribution in [0.2, 0.25) is 0 Å². The molecule has 0 bridgehead atoms. The van der Waals surface area contributed by atoms with Crippen molar-refractivity contribution in [2.45, 2.75) is 30.7 Å². The molecule has 1 fully saturated rings. The summed E-state index contributed by atoms with van der Waals surface area (Å²) in [7, 11) is -3.23. The van der Waals surface area contributed by atoms with Gasteiger partial charge in [-0.05, 0) is 31.5 Å². The number of sulfone groups is 1. The first-order chi connectivity index (χ1) is 9.02. The van der Waals surface area contributed by atoms with E-state index in [0.717, 1.165) is 32.5 Å². The molecular formula is C13H21N3O2S. The Morgan fingerprint density at radius 1 is 1.42 bits per heavy atom. The molecule has 0 amide bonds. The predicted molar refractivity (Wildman–Crippen MR) is 76.3 cm³/mol. The lowest BCUT2D eigenvalue weighted by Gasteiger charge is -2.33. The smallest absolute Gasteiger partial charge is 0.179 e. The van der Waals surface area contributed by atoms with E-state index in [4.69, 9.17) is 0 Å². The summed E-state index contributed by atoms with van der Waals surface area (Å²) < 4.78 is 23.6. The quantitative estimate of drug-likeness (QED) is 0.895. The highest BCUT2D eigenvalue weighted by atomic mass is 32.2. The third-order valence-corrected chi connectivity index (χ3v) is 4.56. The molecule has 6 heteroatoms. The van der Waals surface area contributed by atoms with Crippen molar-refractivity contribution in [1.29, 1.82) is 0 Å². The molecule has 19 heavy (non-hydrogen) atoms. The van der Waals surface area contributed by atoms with Crippen molar-refractivity contribution in [2.24, 2.45) is 0 Å². The van der Waals surface area contributed by atoms with Crippen molar-refractivity contribution in [3.8, 4) is 0 Å². The molecule has 1 aliphatic rings. The van der Waals surface area contributed by atoms with Gasteiger partial charge in [0, 0.05) is 31.6 Å². The van der Waals surface area contributed by atoms with Crippen LogP contribution in [0.5, 0.6) is 0 Å². The van der Waals surface area contributed by atoms with Crippen LogP contribution in [0.15, 0.2) is 23.2 Å². The van der Waals surface area contributed by atoms with Crippen molar-refractivity contribution >= 4 is 15.7 Å². The van der Waals surface area contributed by atoms with Crippen LogP contribution in [0.4, 0.5) is 5.82 Å². The van der Waals surface area contributed by atoms with Gasteiger partial charge < -0.3 is 10.2 Å². The standard InChI is InChI=1S/C13H21N3O2S/c1-3-14-11-6-9-16(10-7-11)13-12(19(2,17)18)5-4-8-15-13/h4-5,8,11,14H,3,6-7,9-10H2,1-2H3. The van der Waals surface area contributed by atoms with Crippen LogP contribution in [0, 0.1) is 0 Å². The van der Waals surface area contributed by atoms with Crippen LogP contribution < -0.4 is 10.2 Å². The van der Waals surface area contributed by atoms with E-state index in [9.17, 15) is 8.42 Å². The normalized spacial score (nSPS) is 17.7. The van der Waals surface area contributed by atoms with E-state index in [0.29, 0.717) is 16.8 Å². The second-order valence-electron chi connectivity index (χ2n) is 4.92. The Hall–Kier alpha value is -1.14. The van der Waals surface area contributed by atoms with Gasteiger partial charge in [0.2, 0.25) is 0 Å². The average Bonchev–Trinajstić information content (AvgIpc) is 2.39. The Morgan fingerprint density at radius 3 is 2.68 bits per heavy atom. The molecule has 0 atom stereocenters. The van der Waals surface area contributed by atoms with Gasteiger partial charge in [-0.3, -0.25) is 0 Å². The van der Waals surface area contributed by atoms with Crippen LogP contribution in [-0.2, 0) is 9.84 Å². The van der Waals surface area contributed by atoms with Crippen molar-refractivity contribution < 1.29 is 8.42 Å². The molecule has 1 N–H and O–H groups in total. The van der Waals surface area contributed by atoms with E-state index < -0.39 is 9.84 Å². The fourth-order valence-corrected chi connectivity index (χ4v) is 3.33. The molecule has 2 heterocycles. The molecule has 0 aliphatic carbocycles. The minimum atomic E-state index is -3.23. The van der Waals surface area contributed by atoms with Gasteiger partial charge in [-0.2, -0.15) is 0 Å². The van der Waals surface area contributed by atoms with Crippen LogP contribution in [0.25, 0.3) is 0 Å². The SMILES string of the molecule is CCNC1CCN(c2ncccc2S(C)(=O)=O)CC1. The predicted octanol–water partition coefficient (Wildman–Crippen LogP) is 1.06. The Morgan fingerprint density at radius 2 is 2.11 bits per heavy atom. The van der Waals surface area contributed by atoms with Gasteiger partial charge >= 0.3 is 0 Å². The van der Waals surface area contributed by atoms with Crippen LogP contribution >= 0.6 is 0 Å². The third kappa shape index (κ3) is 3.45. The fraction of sp³-hybridized carbons (Fsp3) is 0.615. The molecule has 1 aromatic rings. The Bertz CT molecular complexity index is 522. The van der Waals surface area contributed by atoms with Crippen molar-refractivity contribution in [1.82, 2.24) is 10.3 Å². The third-order valence-electron chi connectivity index (χ3n) is 3.44. The molecule has 0 spiro atoms. The van der Waals surface area contributed by atoms with E-state index >= 15 is 0 Å². The van der Waals surface area contributed by atoms with Crippen molar-refractivity contribution in [3.63, 3.8) is 0 Å². The zero-order chi connectivity index (χ0) is 13.9. The number of hydrogen-bond donors (Lipinski definition) is 1. The lowest BCUT2D eigenvalue weighted by molar-refractivity contribution is 0.421. The molecule has 2 rings (SSSR count). The minimum absolute atomic E-state index is 0.330. The largest absolute Gasteiger partial charge is 0.355 e. The Kier molecular flexibility index (Phi) is 4.42. The molecule has 0 aromatic carbocycles. The molecular weight excluding hydrogens is 262 g/mol. The van der Waals surface area contributed by atoms with Gasteiger partial charge in [-0.15, -0.1) is 0 Å². The molecule has 0 radical (unpaired) electrons. The topological polar surface area (TPSA) is 62.3 Å². The van der Waals surface area contributed by atoms with E-state index in [1.807, 2.05) is 0 Å². The zero-order valence-electron chi connectivity index (χ0n) is 11.5. The number of hydrogen-bond acceptors (Lipinski definition) is 5. The number of nitrogens with one attached hydrogen (secondary N) is 1. The van der Waals surface area contributed by atoms with E-state index in [-0.39, 0.29) is 0 Å². The average molecular weight is 283 g/mol. The Labute approximate surface area is 114 Å². The summed E-state index contributed by atoms with van der Waals surface area (Å²) in [6.45, 7) is 4.77. The zero-order valence-corrected chi connectivity index (χ0v) is 12.3. The summed E-state index contributed by atoms with van der Waals surface area (Å²) in [6.07, 6.45) is 4.93. The number of anilines is 1. The maximum atomic E-state index is 11.8. The van der Waals surface area contributed by atoms with Gasteiger partial charge in [-0.25, -0.2) is 13.4 Å². The Balaban J connectivity index is 2.16. The number of rotatable bonds is 4. The first-order valence-electron chi connectivity index (χ1n) is 6.65. The molecule has 1 aromatic heterocycles. The molecule has 5 nitrogen and oxygen atoms in total. The minimum Gasteiger partial charge on any atom is -0.355 e. The summed E-state index contributed by atoms with van der Waals surface area (Å²) in [4.78, 5) is 6.67. The van der Waals surface area contributed by atoms with Crippen molar-refractivity contribution in [2.75, 3.05) is 30.8 Å². The lowest BCUT2D eigenvalue weighted by Crippen LogP contribution is -2.43. The number of nitrogens with zero attached hydrogens (tertiary/aromatic N) is 2. The highest BCUT2D eigenvalue weighted by Crippen LogP contribution is 2.25. The molecule has 0 saturated carbocycles. The van der Waals surface area contributed by atoms with Gasteiger partial charge in [0.05, 0.1) is 0 Å². The second-order valence-corrected chi connectivity index (χ2v) is 6.90. The highest BCUT2D eigenvalue weighted by molar-refractivity contribution is 7.90. The van der Waals surface area contributed by atoms with Gasteiger partial charge in [0.15, 0.2) is 9.84 Å².